The Labute approximate surface area is 154 Å². The molecule has 0 atom stereocenters. The maximum Gasteiger partial charge on any atom is 0.240 e. The summed E-state index contributed by atoms with van der Waals surface area (Å²) in [4.78, 5) is 6.54. The molecule has 7 nitrogen and oxygen atoms in total. The van der Waals surface area contributed by atoms with Crippen LogP contribution in [0.3, 0.4) is 0 Å². The van der Waals surface area contributed by atoms with Crippen molar-refractivity contribution >= 4 is 22.6 Å². The molecule has 0 amide bonds. The van der Waals surface area contributed by atoms with Crippen LogP contribution in [0.15, 0.2) is 51.6 Å². The van der Waals surface area contributed by atoms with Gasteiger partial charge in [0.05, 0.1) is 6.54 Å². The Morgan fingerprint density at radius 1 is 1.00 bits per heavy atom. The van der Waals surface area contributed by atoms with E-state index >= 15 is 0 Å². The van der Waals surface area contributed by atoms with Gasteiger partial charge in [0.1, 0.15) is 11.0 Å². The minimum atomic E-state index is 0.544. The third kappa shape index (κ3) is 3.74. The second-order valence-electron chi connectivity index (χ2n) is 6.13. The summed E-state index contributed by atoms with van der Waals surface area (Å²) in [5, 5.41) is 12.4. The van der Waals surface area contributed by atoms with E-state index in [0.717, 1.165) is 22.2 Å². The molecule has 0 spiro atoms. The van der Waals surface area contributed by atoms with Crippen LogP contribution in [0.5, 0.6) is 0 Å². The Morgan fingerprint density at radius 2 is 1.85 bits per heavy atom. The summed E-state index contributed by atoms with van der Waals surface area (Å²) in [6, 6.07) is 13.5. The second kappa shape index (κ2) is 7.23. The highest BCUT2D eigenvalue weighted by atomic mass is 35.5. The summed E-state index contributed by atoms with van der Waals surface area (Å²) in [6.45, 7) is 1.26. The quantitative estimate of drug-likeness (QED) is 0.514. The first-order chi connectivity index (χ1) is 12.7. The Hall–Kier alpha value is -2.77. The number of hydrogen-bond donors (Lipinski definition) is 0. The average Bonchev–Trinajstić information content (AvgIpc) is 3.25. The van der Waals surface area contributed by atoms with Gasteiger partial charge in [-0.25, -0.2) is 4.63 Å². The molecular formula is C18H16ClN5O2. The van der Waals surface area contributed by atoms with Gasteiger partial charge in [-0.1, -0.05) is 41.0 Å². The van der Waals surface area contributed by atoms with Crippen molar-refractivity contribution in [1.82, 2.24) is 25.4 Å². The molecule has 0 N–H and O–H groups in total. The van der Waals surface area contributed by atoms with Gasteiger partial charge >= 0.3 is 0 Å². The molecule has 132 valence electrons. The standard InChI is InChI=1S/C18H16ClN5O2/c1-24(10-12-6-7-15-16(8-12)22-26-21-15)11-18-20-17(23-25-18)9-13-4-2-3-5-14(13)19/h2-8H,9-11H2,1H3. The van der Waals surface area contributed by atoms with Crippen LogP contribution >= 0.6 is 11.6 Å². The first-order valence-electron chi connectivity index (χ1n) is 8.12. The zero-order chi connectivity index (χ0) is 17.9. The van der Waals surface area contributed by atoms with Crippen LogP contribution < -0.4 is 0 Å². The molecule has 2 heterocycles. The SMILES string of the molecule is CN(Cc1ccc2nonc2c1)Cc1nc(Cc2ccccc2Cl)no1. The predicted molar refractivity (Wildman–Crippen MR) is 95.5 cm³/mol. The number of aromatic nitrogens is 4. The van der Waals surface area contributed by atoms with E-state index < -0.39 is 0 Å². The summed E-state index contributed by atoms with van der Waals surface area (Å²) in [6.07, 6.45) is 0.544. The number of rotatable bonds is 6. The molecule has 4 aromatic rings. The molecule has 2 aromatic carbocycles. The molecule has 8 heteroatoms. The molecule has 4 rings (SSSR count). The zero-order valence-corrected chi connectivity index (χ0v) is 14.8. The summed E-state index contributed by atoms with van der Waals surface area (Å²) in [7, 11) is 1.99. The molecule has 0 unspecified atom stereocenters. The van der Waals surface area contributed by atoms with Gasteiger partial charge < -0.3 is 4.52 Å². The average molecular weight is 370 g/mol. The number of fused-ring (bicyclic) bond motifs is 1. The fraction of sp³-hybridized carbons (Fsp3) is 0.222. The van der Waals surface area contributed by atoms with Crippen molar-refractivity contribution in [2.75, 3.05) is 7.05 Å². The zero-order valence-electron chi connectivity index (χ0n) is 14.1. The van der Waals surface area contributed by atoms with Gasteiger partial charge in [-0.3, -0.25) is 4.90 Å². The monoisotopic (exact) mass is 369 g/mol. The lowest BCUT2D eigenvalue weighted by atomic mass is 10.1. The van der Waals surface area contributed by atoms with Crippen molar-refractivity contribution in [3.05, 3.63) is 70.3 Å². The third-order valence-corrected chi connectivity index (χ3v) is 4.36. The summed E-state index contributed by atoms with van der Waals surface area (Å²) < 4.78 is 10.1. The van der Waals surface area contributed by atoms with Gasteiger partial charge in [-0.05, 0) is 46.7 Å². The van der Waals surface area contributed by atoms with E-state index in [1.165, 1.54) is 0 Å². The number of halogens is 1. The van der Waals surface area contributed by atoms with E-state index in [-0.39, 0.29) is 0 Å². The summed E-state index contributed by atoms with van der Waals surface area (Å²) in [5.74, 6) is 1.19. The van der Waals surface area contributed by atoms with Crippen LogP contribution in [0, 0.1) is 0 Å². The van der Waals surface area contributed by atoms with Gasteiger partial charge in [0, 0.05) is 18.0 Å². The van der Waals surface area contributed by atoms with E-state index in [1.54, 1.807) is 0 Å². The Kier molecular flexibility index (Phi) is 4.64. The first-order valence-corrected chi connectivity index (χ1v) is 8.50. The lowest BCUT2D eigenvalue weighted by Gasteiger charge is -2.13. The van der Waals surface area contributed by atoms with Crippen molar-refractivity contribution < 1.29 is 9.15 Å². The van der Waals surface area contributed by atoms with E-state index in [1.807, 2.05) is 49.5 Å². The Bertz CT molecular complexity index is 1030. The van der Waals surface area contributed by atoms with Gasteiger partial charge in [0.25, 0.3) is 0 Å². The van der Waals surface area contributed by atoms with E-state index in [2.05, 4.69) is 25.4 Å². The van der Waals surface area contributed by atoms with Gasteiger partial charge in [0.15, 0.2) is 5.82 Å². The van der Waals surface area contributed by atoms with E-state index in [4.69, 9.17) is 20.8 Å². The van der Waals surface area contributed by atoms with Gasteiger partial charge in [-0.2, -0.15) is 4.98 Å². The molecule has 0 aliphatic carbocycles. The molecular weight excluding hydrogens is 354 g/mol. The number of benzene rings is 2. The highest BCUT2D eigenvalue weighted by Crippen LogP contribution is 2.18. The van der Waals surface area contributed by atoms with Crippen LogP contribution in [0.2, 0.25) is 5.02 Å². The predicted octanol–water partition coefficient (Wildman–Crippen LogP) is 3.48. The van der Waals surface area contributed by atoms with Gasteiger partial charge in [0.2, 0.25) is 5.89 Å². The van der Waals surface area contributed by atoms with Crippen LogP contribution in [0.4, 0.5) is 0 Å². The first kappa shape index (κ1) is 16.7. The second-order valence-corrected chi connectivity index (χ2v) is 6.54. The lowest BCUT2D eigenvalue weighted by Crippen LogP contribution is -2.17. The van der Waals surface area contributed by atoms with Crippen molar-refractivity contribution in [3.8, 4) is 0 Å². The minimum absolute atomic E-state index is 0.544. The number of nitrogens with zero attached hydrogens (tertiary/aromatic N) is 5. The topological polar surface area (TPSA) is 81.1 Å². The summed E-state index contributed by atoms with van der Waals surface area (Å²) >= 11 is 6.18. The molecule has 0 saturated carbocycles. The van der Waals surface area contributed by atoms with Crippen molar-refractivity contribution in [2.45, 2.75) is 19.5 Å². The highest BCUT2D eigenvalue weighted by Gasteiger charge is 2.12. The van der Waals surface area contributed by atoms with Crippen molar-refractivity contribution in [2.24, 2.45) is 0 Å². The minimum Gasteiger partial charge on any atom is -0.338 e. The summed E-state index contributed by atoms with van der Waals surface area (Å²) in [5.41, 5.74) is 3.57. The van der Waals surface area contributed by atoms with Crippen LogP contribution in [-0.2, 0) is 19.5 Å². The normalized spacial score (nSPS) is 11.5. The van der Waals surface area contributed by atoms with E-state index in [0.29, 0.717) is 36.2 Å². The molecule has 0 saturated heterocycles. The van der Waals surface area contributed by atoms with Crippen molar-refractivity contribution in [3.63, 3.8) is 0 Å². The third-order valence-electron chi connectivity index (χ3n) is 3.99. The Balaban J connectivity index is 1.39. The van der Waals surface area contributed by atoms with Crippen LogP contribution in [0.1, 0.15) is 22.8 Å². The molecule has 0 fully saturated rings. The fourth-order valence-electron chi connectivity index (χ4n) is 2.76. The Morgan fingerprint density at radius 3 is 2.73 bits per heavy atom. The molecule has 0 aliphatic rings. The largest absolute Gasteiger partial charge is 0.338 e. The molecule has 26 heavy (non-hydrogen) atoms. The van der Waals surface area contributed by atoms with Crippen LogP contribution in [-0.4, -0.2) is 32.4 Å². The van der Waals surface area contributed by atoms with Gasteiger partial charge in [-0.15, -0.1) is 0 Å². The fourth-order valence-corrected chi connectivity index (χ4v) is 2.97. The maximum atomic E-state index is 6.18. The number of hydrogen-bond acceptors (Lipinski definition) is 7. The molecule has 2 aromatic heterocycles. The van der Waals surface area contributed by atoms with E-state index in [9.17, 15) is 0 Å². The maximum absolute atomic E-state index is 6.18. The molecule has 0 radical (unpaired) electrons. The smallest absolute Gasteiger partial charge is 0.240 e. The van der Waals surface area contributed by atoms with Crippen molar-refractivity contribution in [1.29, 1.82) is 0 Å². The molecule has 0 bridgehead atoms. The van der Waals surface area contributed by atoms with Crippen LogP contribution in [0.25, 0.3) is 11.0 Å². The lowest BCUT2D eigenvalue weighted by molar-refractivity contribution is 0.260. The molecule has 0 aliphatic heterocycles. The highest BCUT2D eigenvalue weighted by molar-refractivity contribution is 6.31.